The molecule has 0 bridgehead atoms. The highest BCUT2D eigenvalue weighted by Crippen LogP contribution is 2.26. The molecule has 1 aromatic heterocycles. The van der Waals surface area contributed by atoms with Crippen molar-refractivity contribution in [2.45, 2.75) is 0 Å². The number of carbonyl (C=O) groups excluding carboxylic acids is 1. The number of likely N-dealkylation sites (N-methyl/N-ethyl adjacent to an activating group) is 1. The van der Waals surface area contributed by atoms with Crippen molar-refractivity contribution < 1.29 is 14.5 Å². The van der Waals surface area contributed by atoms with E-state index in [-0.39, 0.29) is 12.2 Å². The van der Waals surface area contributed by atoms with Gasteiger partial charge in [-0.25, -0.2) is 4.98 Å². The molecule has 0 saturated heterocycles. The number of hydrogen-bond donors (Lipinski definition) is 0. The third-order valence-electron chi connectivity index (χ3n) is 1.97. The Morgan fingerprint density at radius 3 is 2.82 bits per heavy atom. The number of nitrogens with zero attached hydrogens (tertiary/aromatic N) is 3. The Bertz CT molecular complexity index is 452. The summed E-state index contributed by atoms with van der Waals surface area (Å²) in [5, 5.41) is 10.5. The van der Waals surface area contributed by atoms with E-state index in [0.29, 0.717) is 10.3 Å². The van der Waals surface area contributed by atoms with Crippen LogP contribution in [-0.4, -0.2) is 36.6 Å². The second kappa shape index (κ2) is 5.58. The predicted octanol–water partition coefficient (Wildman–Crippen LogP) is 1.36. The first-order chi connectivity index (χ1) is 7.95. The van der Waals surface area contributed by atoms with Crippen molar-refractivity contribution in [3.8, 4) is 0 Å². The van der Waals surface area contributed by atoms with Crippen LogP contribution in [0.5, 0.6) is 0 Å². The van der Waals surface area contributed by atoms with Gasteiger partial charge < -0.3 is 9.64 Å². The van der Waals surface area contributed by atoms with Crippen LogP contribution < -0.4 is 4.90 Å². The number of hydrogen-bond acceptors (Lipinski definition) is 6. The lowest BCUT2D eigenvalue weighted by atomic mass is 10.4. The normalized spacial score (nSPS) is 9.82. The van der Waals surface area contributed by atoms with Gasteiger partial charge in [0.2, 0.25) is 0 Å². The third kappa shape index (κ3) is 3.38. The predicted molar refractivity (Wildman–Crippen MR) is 63.9 cm³/mol. The van der Waals surface area contributed by atoms with Crippen LogP contribution in [0.3, 0.4) is 0 Å². The number of esters is 1. The molecule has 92 valence electrons. The van der Waals surface area contributed by atoms with E-state index < -0.39 is 10.9 Å². The first-order valence-electron chi connectivity index (χ1n) is 4.53. The molecule has 17 heavy (non-hydrogen) atoms. The minimum Gasteiger partial charge on any atom is -0.468 e. The Kier molecular flexibility index (Phi) is 4.38. The maximum absolute atomic E-state index is 11.1. The molecule has 0 aromatic carbocycles. The minimum absolute atomic E-state index is 0.0138. The van der Waals surface area contributed by atoms with E-state index in [2.05, 4.69) is 25.7 Å². The number of methoxy groups -OCH3 is 1. The number of carbonyl (C=O) groups is 1. The SMILES string of the molecule is COC(=O)CN(C)c1ncc([N+](=O)[O-])cc1Br. The molecule has 8 heteroatoms. The molecule has 0 fully saturated rings. The minimum atomic E-state index is -0.540. The van der Waals surface area contributed by atoms with Crippen LogP contribution in [0.2, 0.25) is 0 Å². The first kappa shape index (κ1) is 13.4. The van der Waals surface area contributed by atoms with E-state index in [9.17, 15) is 14.9 Å². The van der Waals surface area contributed by atoms with E-state index in [1.54, 1.807) is 7.05 Å². The van der Waals surface area contributed by atoms with E-state index in [0.717, 1.165) is 6.20 Å². The summed E-state index contributed by atoms with van der Waals surface area (Å²) in [5.41, 5.74) is -0.118. The Morgan fingerprint density at radius 2 is 2.35 bits per heavy atom. The number of rotatable bonds is 4. The van der Waals surface area contributed by atoms with Crippen molar-refractivity contribution in [1.29, 1.82) is 0 Å². The summed E-state index contributed by atoms with van der Waals surface area (Å²) in [6, 6.07) is 1.33. The third-order valence-corrected chi connectivity index (χ3v) is 2.56. The number of halogens is 1. The van der Waals surface area contributed by atoms with Crippen molar-refractivity contribution in [1.82, 2.24) is 4.98 Å². The molecule has 0 aliphatic rings. The molecular weight excluding hydrogens is 294 g/mol. The molecule has 0 aliphatic heterocycles. The van der Waals surface area contributed by atoms with Crippen LogP contribution in [0.4, 0.5) is 11.5 Å². The van der Waals surface area contributed by atoms with Crippen LogP contribution in [0.15, 0.2) is 16.7 Å². The number of pyridine rings is 1. The standard InChI is InChI=1S/C9H10BrN3O4/c1-12(5-8(14)17-2)9-7(10)3-6(4-11-9)13(15)16/h3-4H,5H2,1-2H3. The van der Waals surface area contributed by atoms with Gasteiger partial charge in [0.15, 0.2) is 0 Å². The van der Waals surface area contributed by atoms with Crippen molar-refractivity contribution in [3.05, 3.63) is 26.9 Å². The summed E-state index contributed by atoms with van der Waals surface area (Å²) in [6.45, 7) is 0.0138. The summed E-state index contributed by atoms with van der Waals surface area (Å²) >= 11 is 3.17. The molecule has 0 saturated carbocycles. The van der Waals surface area contributed by atoms with Gasteiger partial charge >= 0.3 is 5.97 Å². The zero-order chi connectivity index (χ0) is 13.0. The lowest BCUT2D eigenvalue weighted by molar-refractivity contribution is -0.385. The average Bonchev–Trinajstić information content (AvgIpc) is 2.28. The summed E-state index contributed by atoms with van der Waals surface area (Å²) in [5.74, 6) is 0.0144. The highest BCUT2D eigenvalue weighted by atomic mass is 79.9. The fourth-order valence-electron chi connectivity index (χ4n) is 1.13. The summed E-state index contributed by atoms with van der Waals surface area (Å²) in [6.07, 6.45) is 1.13. The molecule has 0 radical (unpaired) electrons. The molecular formula is C9H10BrN3O4. The molecule has 0 aliphatic carbocycles. The molecule has 0 N–H and O–H groups in total. The van der Waals surface area contributed by atoms with Crippen molar-refractivity contribution in [3.63, 3.8) is 0 Å². The Morgan fingerprint density at radius 1 is 1.71 bits per heavy atom. The summed E-state index contributed by atoms with van der Waals surface area (Å²) in [7, 11) is 2.92. The molecule has 0 atom stereocenters. The van der Waals surface area contributed by atoms with Crippen molar-refractivity contribution in [2.24, 2.45) is 0 Å². The number of ether oxygens (including phenoxy) is 1. The van der Waals surface area contributed by atoms with E-state index in [1.165, 1.54) is 18.1 Å². The van der Waals surface area contributed by atoms with Crippen LogP contribution >= 0.6 is 15.9 Å². The van der Waals surface area contributed by atoms with Gasteiger partial charge in [-0.2, -0.15) is 0 Å². The van der Waals surface area contributed by atoms with Gasteiger partial charge in [-0.1, -0.05) is 0 Å². The fraction of sp³-hybridized carbons (Fsp3) is 0.333. The maximum Gasteiger partial charge on any atom is 0.325 e. The second-order valence-electron chi connectivity index (χ2n) is 3.19. The zero-order valence-electron chi connectivity index (χ0n) is 9.21. The molecule has 0 unspecified atom stereocenters. The largest absolute Gasteiger partial charge is 0.468 e. The van der Waals surface area contributed by atoms with Gasteiger partial charge in [-0.05, 0) is 15.9 Å². The second-order valence-corrected chi connectivity index (χ2v) is 4.04. The van der Waals surface area contributed by atoms with Crippen LogP contribution in [-0.2, 0) is 9.53 Å². The zero-order valence-corrected chi connectivity index (χ0v) is 10.8. The Balaban J connectivity index is 2.92. The highest BCUT2D eigenvalue weighted by Gasteiger charge is 2.15. The number of nitro groups is 1. The first-order valence-corrected chi connectivity index (χ1v) is 5.33. The lowest BCUT2D eigenvalue weighted by Gasteiger charge is -2.17. The topological polar surface area (TPSA) is 85.6 Å². The van der Waals surface area contributed by atoms with Crippen molar-refractivity contribution >= 4 is 33.4 Å². The summed E-state index contributed by atoms with van der Waals surface area (Å²) < 4.78 is 4.95. The smallest absolute Gasteiger partial charge is 0.325 e. The molecule has 0 spiro atoms. The average molecular weight is 304 g/mol. The van der Waals surface area contributed by atoms with Crippen LogP contribution in [0, 0.1) is 10.1 Å². The van der Waals surface area contributed by atoms with Crippen LogP contribution in [0.1, 0.15) is 0 Å². The Labute approximate surface area is 106 Å². The number of anilines is 1. The van der Waals surface area contributed by atoms with E-state index in [1.807, 2.05) is 0 Å². The van der Waals surface area contributed by atoms with Crippen molar-refractivity contribution in [2.75, 3.05) is 25.6 Å². The molecule has 1 heterocycles. The van der Waals surface area contributed by atoms with Gasteiger partial charge in [-0.15, -0.1) is 0 Å². The van der Waals surface area contributed by atoms with E-state index >= 15 is 0 Å². The quantitative estimate of drug-likeness (QED) is 0.474. The summed E-state index contributed by atoms with van der Waals surface area (Å²) in [4.78, 5) is 26.5. The fourth-order valence-corrected chi connectivity index (χ4v) is 1.77. The maximum atomic E-state index is 11.1. The van der Waals surface area contributed by atoms with Gasteiger partial charge in [0.1, 0.15) is 18.6 Å². The number of aromatic nitrogens is 1. The van der Waals surface area contributed by atoms with E-state index in [4.69, 9.17) is 0 Å². The molecule has 7 nitrogen and oxygen atoms in total. The van der Waals surface area contributed by atoms with Gasteiger partial charge in [0, 0.05) is 13.1 Å². The highest BCUT2D eigenvalue weighted by molar-refractivity contribution is 9.10. The van der Waals surface area contributed by atoms with Crippen LogP contribution in [0.25, 0.3) is 0 Å². The van der Waals surface area contributed by atoms with Gasteiger partial charge in [-0.3, -0.25) is 14.9 Å². The van der Waals surface area contributed by atoms with Gasteiger partial charge in [0.05, 0.1) is 16.5 Å². The molecule has 0 amide bonds. The Hall–Kier alpha value is -1.70. The van der Waals surface area contributed by atoms with Gasteiger partial charge in [0.25, 0.3) is 5.69 Å². The molecule has 1 rings (SSSR count). The monoisotopic (exact) mass is 303 g/mol. The lowest BCUT2D eigenvalue weighted by Crippen LogP contribution is -2.27. The molecule has 1 aromatic rings.